The second kappa shape index (κ2) is 4.81. The molecule has 74 valence electrons. The fraction of sp³-hybridized carbons (Fsp3) is 0.750. The van der Waals surface area contributed by atoms with Gasteiger partial charge in [-0.3, -0.25) is 9.59 Å². The molecular formula is C8H14N2O3. The first-order valence-corrected chi connectivity index (χ1v) is 4.36. The first kappa shape index (κ1) is 9.98. The summed E-state index contributed by atoms with van der Waals surface area (Å²) in [5.41, 5.74) is 0. The highest BCUT2D eigenvalue weighted by Crippen LogP contribution is 1.97. The first-order chi connectivity index (χ1) is 6.24. The molecule has 1 aliphatic rings. The molecule has 0 atom stereocenters. The molecule has 1 fully saturated rings. The van der Waals surface area contributed by atoms with Crippen molar-refractivity contribution in [1.29, 1.82) is 0 Å². The lowest BCUT2D eigenvalue weighted by molar-refractivity contribution is -0.145. The molecule has 0 radical (unpaired) electrons. The van der Waals surface area contributed by atoms with Gasteiger partial charge in [-0.1, -0.05) is 0 Å². The van der Waals surface area contributed by atoms with Crippen molar-refractivity contribution >= 4 is 11.8 Å². The van der Waals surface area contributed by atoms with Crippen molar-refractivity contribution in [1.82, 2.24) is 10.2 Å². The van der Waals surface area contributed by atoms with Gasteiger partial charge in [0.05, 0.1) is 13.2 Å². The minimum atomic E-state index is -0.113. The van der Waals surface area contributed by atoms with Gasteiger partial charge < -0.3 is 15.0 Å². The Morgan fingerprint density at radius 2 is 2.46 bits per heavy atom. The highest BCUT2D eigenvalue weighted by atomic mass is 16.5. The highest BCUT2D eigenvalue weighted by Gasteiger charge is 2.20. The van der Waals surface area contributed by atoms with E-state index in [1.54, 1.807) is 0 Å². The van der Waals surface area contributed by atoms with Crippen LogP contribution in [-0.4, -0.2) is 49.6 Å². The van der Waals surface area contributed by atoms with Crippen LogP contribution in [0.2, 0.25) is 0 Å². The number of morpholine rings is 1. The van der Waals surface area contributed by atoms with E-state index < -0.39 is 0 Å². The lowest BCUT2D eigenvalue weighted by atomic mass is 10.4. The molecule has 0 aliphatic carbocycles. The summed E-state index contributed by atoms with van der Waals surface area (Å²) < 4.78 is 4.93. The fourth-order valence-electron chi connectivity index (χ4n) is 1.14. The van der Waals surface area contributed by atoms with Crippen LogP contribution in [0.5, 0.6) is 0 Å². The SMILES string of the molecule is CCNC(=O)CN1CCOCC1=O. The molecule has 0 aromatic rings. The van der Waals surface area contributed by atoms with Gasteiger partial charge in [-0.25, -0.2) is 0 Å². The summed E-state index contributed by atoms with van der Waals surface area (Å²) in [6.45, 7) is 3.72. The van der Waals surface area contributed by atoms with E-state index in [4.69, 9.17) is 4.74 Å². The van der Waals surface area contributed by atoms with Gasteiger partial charge >= 0.3 is 0 Å². The van der Waals surface area contributed by atoms with Crippen molar-refractivity contribution in [3.8, 4) is 0 Å². The smallest absolute Gasteiger partial charge is 0.249 e. The Labute approximate surface area is 77.0 Å². The number of rotatable bonds is 3. The third-order valence-corrected chi connectivity index (χ3v) is 1.79. The average molecular weight is 186 g/mol. The zero-order valence-electron chi connectivity index (χ0n) is 7.71. The second-order valence-corrected chi connectivity index (χ2v) is 2.82. The Bertz CT molecular complexity index is 206. The summed E-state index contributed by atoms with van der Waals surface area (Å²) >= 11 is 0. The maximum absolute atomic E-state index is 11.2. The quantitative estimate of drug-likeness (QED) is 0.614. The van der Waals surface area contributed by atoms with E-state index in [9.17, 15) is 9.59 Å². The minimum Gasteiger partial charge on any atom is -0.370 e. The van der Waals surface area contributed by atoms with Crippen LogP contribution in [0.1, 0.15) is 6.92 Å². The van der Waals surface area contributed by atoms with E-state index in [2.05, 4.69) is 5.32 Å². The number of nitrogens with one attached hydrogen (secondary N) is 1. The number of hydrogen-bond acceptors (Lipinski definition) is 3. The molecule has 0 aromatic carbocycles. The molecule has 0 spiro atoms. The zero-order chi connectivity index (χ0) is 9.68. The molecule has 5 nitrogen and oxygen atoms in total. The van der Waals surface area contributed by atoms with Crippen molar-refractivity contribution in [2.24, 2.45) is 0 Å². The van der Waals surface area contributed by atoms with Crippen LogP contribution < -0.4 is 5.32 Å². The number of carbonyl (C=O) groups excluding carboxylic acids is 2. The van der Waals surface area contributed by atoms with E-state index in [1.807, 2.05) is 6.92 Å². The predicted octanol–water partition coefficient (Wildman–Crippen LogP) is -1.02. The molecule has 1 heterocycles. The van der Waals surface area contributed by atoms with E-state index in [0.29, 0.717) is 19.7 Å². The monoisotopic (exact) mass is 186 g/mol. The standard InChI is InChI=1S/C8H14N2O3/c1-2-9-7(11)5-10-3-4-13-6-8(10)12/h2-6H2,1H3,(H,9,11). The maximum atomic E-state index is 11.2. The number of likely N-dealkylation sites (N-methyl/N-ethyl adjacent to an activating group) is 1. The molecule has 0 bridgehead atoms. The number of amides is 2. The Morgan fingerprint density at radius 3 is 3.08 bits per heavy atom. The molecule has 5 heteroatoms. The largest absolute Gasteiger partial charge is 0.370 e. The van der Waals surface area contributed by atoms with Crippen LogP contribution in [0.15, 0.2) is 0 Å². The van der Waals surface area contributed by atoms with Gasteiger partial charge in [0.1, 0.15) is 6.61 Å². The number of nitrogens with zero attached hydrogens (tertiary/aromatic N) is 1. The molecule has 0 unspecified atom stereocenters. The topological polar surface area (TPSA) is 58.6 Å². The fourth-order valence-corrected chi connectivity index (χ4v) is 1.14. The summed E-state index contributed by atoms with van der Waals surface area (Å²) in [6, 6.07) is 0. The summed E-state index contributed by atoms with van der Waals surface area (Å²) in [6.07, 6.45) is 0. The van der Waals surface area contributed by atoms with Crippen LogP contribution in [0, 0.1) is 0 Å². The molecule has 13 heavy (non-hydrogen) atoms. The van der Waals surface area contributed by atoms with Crippen molar-refractivity contribution < 1.29 is 14.3 Å². The van der Waals surface area contributed by atoms with Gasteiger partial charge in [0, 0.05) is 13.1 Å². The lowest BCUT2D eigenvalue weighted by Crippen LogP contribution is -2.46. The van der Waals surface area contributed by atoms with Crippen molar-refractivity contribution in [2.75, 3.05) is 32.8 Å². The summed E-state index contributed by atoms with van der Waals surface area (Å²) in [4.78, 5) is 23.8. The molecule has 0 saturated carbocycles. The van der Waals surface area contributed by atoms with Crippen LogP contribution >= 0.6 is 0 Å². The summed E-state index contributed by atoms with van der Waals surface area (Å²) in [7, 11) is 0. The summed E-state index contributed by atoms with van der Waals surface area (Å²) in [5.74, 6) is -0.227. The van der Waals surface area contributed by atoms with Crippen LogP contribution in [0.3, 0.4) is 0 Å². The normalized spacial score (nSPS) is 17.3. The number of carbonyl (C=O) groups is 2. The van der Waals surface area contributed by atoms with Gasteiger partial charge in [-0.05, 0) is 6.92 Å². The molecular weight excluding hydrogens is 172 g/mol. The maximum Gasteiger partial charge on any atom is 0.249 e. The molecule has 1 rings (SSSR count). The van der Waals surface area contributed by atoms with Crippen molar-refractivity contribution in [2.45, 2.75) is 6.92 Å². The molecule has 0 aromatic heterocycles. The minimum absolute atomic E-state index is 0.0966. The van der Waals surface area contributed by atoms with E-state index >= 15 is 0 Å². The van der Waals surface area contributed by atoms with Crippen LogP contribution in [0.4, 0.5) is 0 Å². The van der Waals surface area contributed by atoms with Gasteiger partial charge in [-0.15, -0.1) is 0 Å². The zero-order valence-corrected chi connectivity index (χ0v) is 7.71. The Morgan fingerprint density at radius 1 is 1.69 bits per heavy atom. The van der Waals surface area contributed by atoms with Gasteiger partial charge in [0.25, 0.3) is 0 Å². The Hall–Kier alpha value is -1.10. The Balaban J connectivity index is 2.33. The third-order valence-electron chi connectivity index (χ3n) is 1.79. The van der Waals surface area contributed by atoms with E-state index in [1.165, 1.54) is 4.90 Å². The predicted molar refractivity (Wildman–Crippen MR) is 46.1 cm³/mol. The van der Waals surface area contributed by atoms with Crippen LogP contribution in [0.25, 0.3) is 0 Å². The third kappa shape index (κ3) is 3.02. The van der Waals surface area contributed by atoms with E-state index in [-0.39, 0.29) is 25.0 Å². The van der Waals surface area contributed by atoms with E-state index in [0.717, 1.165) is 0 Å². The van der Waals surface area contributed by atoms with Gasteiger partial charge in [-0.2, -0.15) is 0 Å². The average Bonchev–Trinajstić information content (AvgIpc) is 2.09. The van der Waals surface area contributed by atoms with Crippen molar-refractivity contribution in [3.63, 3.8) is 0 Å². The highest BCUT2D eigenvalue weighted by molar-refractivity contribution is 5.85. The number of hydrogen-bond donors (Lipinski definition) is 1. The molecule has 1 saturated heterocycles. The first-order valence-electron chi connectivity index (χ1n) is 4.36. The Kier molecular flexibility index (Phi) is 3.70. The summed E-state index contributed by atoms with van der Waals surface area (Å²) in [5, 5.41) is 2.64. The molecule has 2 amide bonds. The van der Waals surface area contributed by atoms with Gasteiger partial charge in [0.2, 0.25) is 11.8 Å². The van der Waals surface area contributed by atoms with Crippen LogP contribution in [-0.2, 0) is 14.3 Å². The van der Waals surface area contributed by atoms with Crippen molar-refractivity contribution in [3.05, 3.63) is 0 Å². The van der Waals surface area contributed by atoms with Gasteiger partial charge in [0.15, 0.2) is 0 Å². The lowest BCUT2D eigenvalue weighted by Gasteiger charge is -2.25. The molecule has 1 aliphatic heterocycles. The molecule has 1 N–H and O–H groups in total. The second-order valence-electron chi connectivity index (χ2n) is 2.82. The number of ether oxygens (including phenoxy) is 1.